The lowest BCUT2D eigenvalue weighted by molar-refractivity contribution is 0.131. The quantitative estimate of drug-likeness (QED) is 0.803. The van der Waals surface area contributed by atoms with E-state index in [1.165, 1.54) is 38.2 Å². The SMILES string of the molecule is COCC1CCCCC1.N#Cc1c(N)cccc1O. The lowest BCUT2D eigenvalue weighted by Crippen LogP contribution is -2.11. The van der Waals surface area contributed by atoms with Crippen LogP contribution in [0.1, 0.15) is 37.7 Å². The Bertz CT molecular complexity index is 398. The fourth-order valence-electron chi connectivity index (χ4n) is 2.27. The molecule has 19 heavy (non-hydrogen) atoms. The van der Waals surface area contributed by atoms with Crippen molar-refractivity contribution in [3.8, 4) is 11.8 Å². The van der Waals surface area contributed by atoms with Gasteiger partial charge in [-0.1, -0.05) is 25.3 Å². The second-order valence-corrected chi connectivity index (χ2v) is 4.81. The Morgan fingerprint density at radius 2 is 2.05 bits per heavy atom. The number of hydrogen-bond acceptors (Lipinski definition) is 4. The Kier molecular flexibility index (Phi) is 6.76. The molecule has 4 heteroatoms. The van der Waals surface area contributed by atoms with E-state index in [-0.39, 0.29) is 11.3 Å². The van der Waals surface area contributed by atoms with Gasteiger partial charge in [-0.25, -0.2) is 0 Å². The largest absolute Gasteiger partial charge is 0.506 e. The molecule has 1 aliphatic rings. The van der Waals surface area contributed by atoms with E-state index >= 15 is 0 Å². The van der Waals surface area contributed by atoms with Gasteiger partial charge in [0.15, 0.2) is 0 Å². The number of phenolic OH excluding ortho intramolecular Hbond substituents is 1. The van der Waals surface area contributed by atoms with Gasteiger partial charge in [-0.2, -0.15) is 5.26 Å². The van der Waals surface area contributed by atoms with E-state index in [4.69, 9.17) is 20.8 Å². The molecule has 0 bridgehead atoms. The fraction of sp³-hybridized carbons (Fsp3) is 0.533. The number of methoxy groups -OCH3 is 1. The highest BCUT2D eigenvalue weighted by Crippen LogP contribution is 2.23. The van der Waals surface area contributed by atoms with Crippen LogP contribution in [0, 0.1) is 17.2 Å². The van der Waals surface area contributed by atoms with Gasteiger partial charge < -0.3 is 15.6 Å². The summed E-state index contributed by atoms with van der Waals surface area (Å²) in [5.74, 6) is 0.811. The second kappa shape index (κ2) is 8.39. The highest BCUT2D eigenvalue weighted by Gasteiger charge is 2.11. The Labute approximate surface area is 114 Å². The van der Waals surface area contributed by atoms with E-state index in [0.29, 0.717) is 5.69 Å². The van der Waals surface area contributed by atoms with Crippen LogP contribution in [-0.4, -0.2) is 18.8 Å². The molecule has 1 aliphatic carbocycles. The highest BCUT2D eigenvalue weighted by atomic mass is 16.5. The van der Waals surface area contributed by atoms with Crippen LogP contribution in [0.2, 0.25) is 0 Å². The first-order valence-electron chi connectivity index (χ1n) is 6.65. The summed E-state index contributed by atoms with van der Waals surface area (Å²) in [6, 6.07) is 6.37. The van der Waals surface area contributed by atoms with Crippen LogP contribution >= 0.6 is 0 Å². The van der Waals surface area contributed by atoms with Crippen molar-refractivity contribution < 1.29 is 9.84 Å². The molecular weight excluding hydrogens is 240 g/mol. The number of nitrogens with zero attached hydrogens (tertiary/aromatic N) is 1. The predicted octanol–water partition coefficient (Wildman–Crippen LogP) is 3.06. The van der Waals surface area contributed by atoms with Crippen molar-refractivity contribution in [2.24, 2.45) is 5.92 Å². The second-order valence-electron chi connectivity index (χ2n) is 4.81. The van der Waals surface area contributed by atoms with Gasteiger partial charge in [0, 0.05) is 13.7 Å². The summed E-state index contributed by atoms with van der Waals surface area (Å²) in [6.07, 6.45) is 7.09. The molecule has 1 aromatic rings. The number of phenols is 1. The van der Waals surface area contributed by atoms with Gasteiger partial charge in [0.05, 0.1) is 5.69 Å². The van der Waals surface area contributed by atoms with Crippen LogP contribution in [0.5, 0.6) is 5.75 Å². The van der Waals surface area contributed by atoms with Crippen LogP contribution in [-0.2, 0) is 4.74 Å². The van der Waals surface area contributed by atoms with Crippen molar-refractivity contribution in [3.63, 3.8) is 0 Å². The average Bonchev–Trinajstić information content (AvgIpc) is 2.41. The van der Waals surface area contributed by atoms with E-state index in [1.54, 1.807) is 25.3 Å². The first-order valence-corrected chi connectivity index (χ1v) is 6.65. The maximum Gasteiger partial charge on any atom is 0.135 e. The average molecular weight is 262 g/mol. The fourth-order valence-corrected chi connectivity index (χ4v) is 2.27. The van der Waals surface area contributed by atoms with Gasteiger partial charge in [-0.05, 0) is 30.9 Å². The molecule has 104 valence electrons. The minimum atomic E-state index is -0.0671. The Balaban J connectivity index is 0.000000191. The summed E-state index contributed by atoms with van der Waals surface area (Å²) in [5, 5.41) is 17.4. The first kappa shape index (κ1) is 15.3. The number of nitriles is 1. The van der Waals surface area contributed by atoms with Crippen LogP contribution in [0.3, 0.4) is 0 Å². The molecule has 1 fully saturated rings. The minimum absolute atomic E-state index is 0.0671. The number of anilines is 1. The topological polar surface area (TPSA) is 79.3 Å². The molecule has 0 aliphatic heterocycles. The molecule has 0 atom stereocenters. The molecule has 1 saturated carbocycles. The lowest BCUT2D eigenvalue weighted by atomic mass is 9.90. The monoisotopic (exact) mass is 262 g/mol. The molecule has 0 aromatic heterocycles. The summed E-state index contributed by atoms with van der Waals surface area (Å²) in [4.78, 5) is 0. The number of rotatable bonds is 2. The normalized spacial score (nSPS) is 15.2. The van der Waals surface area contributed by atoms with E-state index in [9.17, 15) is 0 Å². The van der Waals surface area contributed by atoms with Crippen molar-refractivity contribution in [3.05, 3.63) is 23.8 Å². The zero-order valence-electron chi connectivity index (χ0n) is 11.4. The van der Waals surface area contributed by atoms with Crippen molar-refractivity contribution >= 4 is 5.69 Å². The smallest absolute Gasteiger partial charge is 0.135 e. The van der Waals surface area contributed by atoms with E-state index < -0.39 is 0 Å². The zero-order chi connectivity index (χ0) is 14.1. The number of nitrogens with two attached hydrogens (primary N) is 1. The van der Waals surface area contributed by atoms with E-state index in [2.05, 4.69) is 0 Å². The molecular formula is C15H22N2O2. The molecule has 0 unspecified atom stereocenters. The number of benzene rings is 1. The summed E-state index contributed by atoms with van der Waals surface area (Å²) in [5.41, 5.74) is 5.80. The number of nitrogen functional groups attached to an aromatic ring is 1. The van der Waals surface area contributed by atoms with Gasteiger partial charge in [0.25, 0.3) is 0 Å². The standard InChI is InChI=1S/C8H16O.C7H6N2O/c1-9-7-8-5-3-2-4-6-8;8-4-5-6(9)2-1-3-7(5)10/h8H,2-7H2,1H3;1-3,10H,9H2. The summed E-state index contributed by atoms with van der Waals surface area (Å²) < 4.78 is 5.08. The number of ether oxygens (including phenoxy) is 1. The molecule has 1 aromatic carbocycles. The van der Waals surface area contributed by atoms with Crippen molar-refractivity contribution in [1.29, 1.82) is 5.26 Å². The Morgan fingerprint density at radius 3 is 2.53 bits per heavy atom. The summed E-state index contributed by atoms with van der Waals surface area (Å²) >= 11 is 0. The van der Waals surface area contributed by atoms with Crippen LogP contribution in [0.15, 0.2) is 18.2 Å². The van der Waals surface area contributed by atoms with Crippen molar-refractivity contribution in [2.45, 2.75) is 32.1 Å². The highest BCUT2D eigenvalue weighted by molar-refractivity contribution is 5.60. The molecule has 0 amide bonds. The zero-order valence-corrected chi connectivity index (χ0v) is 11.4. The van der Waals surface area contributed by atoms with E-state index in [0.717, 1.165) is 12.5 Å². The lowest BCUT2D eigenvalue weighted by Gasteiger charge is -2.19. The third-order valence-electron chi connectivity index (χ3n) is 3.31. The molecule has 0 radical (unpaired) electrons. The van der Waals surface area contributed by atoms with Gasteiger partial charge in [-0.3, -0.25) is 0 Å². The van der Waals surface area contributed by atoms with Crippen LogP contribution < -0.4 is 5.73 Å². The molecule has 0 heterocycles. The minimum Gasteiger partial charge on any atom is -0.506 e. The van der Waals surface area contributed by atoms with Crippen LogP contribution in [0.25, 0.3) is 0 Å². The van der Waals surface area contributed by atoms with Crippen molar-refractivity contribution in [1.82, 2.24) is 0 Å². The maximum atomic E-state index is 8.99. The molecule has 3 N–H and O–H groups in total. The maximum absolute atomic E-state index is 8.99. The molecule has 4 nitrogen and oxygen atoms in total. The van der Waals surface area contributed by atoms with Gasteiger partial charge in [0.1, 0.15) is 17.4 Å². The van der Waals surface area contributed by atoms with Gasteiger partial charge in [-0.15, -0.1) is 0 Å². The molecule has 0 spiro atoms. The molecule has 2 rings (SSSR count). The first-order chi connectivity index (χ1) is 9.19. The Hall–Kier alpha value is -1.73. The third kappa shape index (κ3) is 5.19. The van der Waals surface area contributed by atoms with Crippen LogP contribution in [0.4, 0.5) is 5.69 Å². The summed E-state index contributed by atoms with van der Waals surface area (Å²) in [7, 11) is 1.80. The Morgan fingerprint density at radius 1 is 1.37 bits per heavy atom. The van der Waals surface area contributed by atoms with Gasteiger partial charge >= 0.3 is 0 Å². The third-order valence-corrected chi connectivity index (χ3v) is 3.31. The van der Waals surface area contributed by atoms with Crippen molar-refractivity contribution in [2.75, 3.05) is 19.5 Å². The predicted molar refractivity (Wildman–Crippen MR) is 75.7 cm³/mol. The number of hydrogen-bond donors (Lipinski definition) is 2. The molecule has 0 saturated heterocycles. The van der Waals surface area contributed by atoms with E-state index in [1.807, 2.05) is 0 Å². The summed E-state index contributed by atoms with van der Waals surface area (Å²) in [6.45, 7) is 0.986. The number of aromatic hydroxyl groups is 1. The van der Waals surface area contributed by atoms with Gasteiger partial charge in [0.2, 0.25) is 0 Å².